The highest BCUT2D eigenvalue weighted by atomic mass is 16.3. The maximum absolute atomic E-state index is 12.2. The second-order valence-electron chi connectivity index (χ2n) is 5.75. The van der Waals surface area contributed by atoms with E-state index in [1.54, 1.807) is 18.8 Å². The Labute approximate surface area is 129 Å². The van der Waals surface area contributed by atoms with Gasteiger partial charge >= 0.3 is 0 Å². The Balaban J connectivity index is 1.36. The van der Waals surface area contributed by atoms with E-state index in [0.29, 0.717) is 6.54 Å². The molecule has 2 aromatic heterocycles. The molecular weight excluding hydrogens is 280 g/mol. The molecule has 0 aromatic carbocycles. The van der Waals surface area contributed by atoms with E-state index in [1.807, 2.05) is 12.1 Å². The van der Waals surface area contributed by atoms with Crippen molar-refractivity contribution in [2.75, 3.05) is 19.6 Å². The molecule has 1 amide bonds. The lowest BCUT2D eigenvalue weighted by Crippen LogP contribution is -2.40. The van der Waals surface area contributed by atoms with Crippen molar-refractivity contribution >= 4 is 5.91 Å². The molecule has 0 bridgehead atoms. The molecule has 3 heterocycles. The summed E-state index contributed by atoms with van der Waals surface area (Å²) in [6.07, 6.45) is 7.77. The number of H-pyrrole nitrogens is 1. The molecular formula is C16H22N4O2. The molecule has 1 saturated heterocycles. The van der Waals surface area contributed by atoms with E-state index < -0.39 is 0 Å². The number of piperidine rings is 1. The first-order valence-electron chi connectivity index (χ1n) is 7.81. The molecule has 0 aliphatic carbocycles. The van der Waals surface area contributed by atoms with Crippen LogP contribution in [0.15, 0.2) is 35.3 Å². The van der Waals surface area contributed by atoms with E-state index in [0.717, 1.165) is 50.4 Å². The number of aromatic nitrogens is 2. The minimum atomic E-state index is 0.134. The number of hydrogen-bond acceptors (Lipinski definition) is 4. The van der Waals surface area contributed by atoms with Crippen LogP contribution in [0, 0.1) is 5.92 Å². The van der Waals surface area contributed by atoms with Gasteiger partial charge in [0.05, 0.1) is 19.1 Å². The van der Waals surface area contributed by atoms with Crippen LogP contribution in [0.3, 0.4) is 0 Å². The molecule has 0 spiro atoms. The molecule has 22 heavy (non-hydrogen) atoms. The number of carbonyl (C=O) groups excluding carboxylic acids is 1. The molecule has 1 aliphatic heterocycles. The number of likely N-dealkylation sites (tertiary alicyclic amines) is 1. The molecule has 0 unspecified atom stereocenters. The van der Waals surface area contributed by atoms with Gasteiger partial charge in [0.25, 0.3) is 0 Å². The quantitative estimate of drug-likeness (QED) is 0.849. The second kappa shape index (κ2) is 7.26. The zero-order valence-electron chi connectivity index (χ0n) is 12.6. The SMILES string of the molecule is O=C(NCCc1cnc[nH]1)C1CCN(Cc2ccco2)CC1. The van der Waals surface area contributed by atoms with Gasteiger partial charge < -0.3 is 14.7 Å². The summed E-state index contributed by atoms with van der Waals surface area (Å²) >= 11 is 0. The monoisotopic (exact) mass is 302 g/mol. The third-order valence-electron chi connectivity index (χ3n) is 4.17. The van der Waals surface area contributed by atoms with Gasteiger partial charge in [0, 0.05) is 30.8 Å². The van der Waals surface area contributed by atoms with Gasteiger partial charge in [-0.25, -0.2) is 4.98 Å². The van der Waals surface area contributed by atoms with E-state index in [1.165, 1.54) is 0 Å². The first kappa shape index (κ1) is 14.8. The topological polar surface area (TPSA) is 74.2 Å². The Bertz CT molecular complexity index is 557. The molecule has 1 fully saturated rings. The fourth-order valence-corrected chi connectivity index (χ4v) is 2.86. The van der Waals surface area contributed by atoms with Gasteiger partial charge in [0.15, 0.2) is 0 Å². The van der Waals surface area contributed by atoms with Gasteiger partial charge in [-0.1, -0.05) is 0 Å². The number of furan rings is 1. The minimum Gasteiger partial charge on any atom is -0.468 e. The van der Waals surface area contributed by atoms with Crippen LogP contribution < -0.4 is 5.32 Å². The molecule has 0 radical (unpaired) electrons. The van der Waals surface area contributed by atoms with Crippen molar-refractivity contribution in [2.24, 2.45) is 5.92 Å². The summed E-state index contributed by atoms with van der Waals surface area (Å²) < 4.78 is 5.37. The number of nitrogens with one attached hydrogen (secondary N) is 2. The van der Waals surface area contributed by atoms with Crippen molar-refractivity contribution < 1.29 is 9.21 Å². The van der Waals surface area contributed by atoms with Crippen molar-refractivity contribution in [3.05, 3.63) is 42.4 Å². The van der Waals surface area contributed by atoms with Crippen LogP contribution in [0.4, 0.5) is 0 Å². The Morgan fingerprint density at radius 3 is 3.00 bits per heavy atom. The molecule has 6 nitrogen and oxygen atoms in total. The molecule has 3 rings (SSSR count). The predicted molar refractivity (Wildman–Crippen MR) is 82.0 cm³/mol. The zero-order valence-corrected chi connectivity index (χ0v) is 12.6. The van der Waals surface area contributed by atoms with Gasteiger partial charge in [-0.2, -0.15) is 0 Å². The molecule has 118 valence electrons. The number of aromatic amines is 1. The van der Waals surface area contributed by atoms with Gasteiger partial charge in [-0.3, -0.25) is 9.69 Å². The van der Waals surface area contributed by atoms with Gasteiger partial charge in [-0.15, -0.1) is 0 Å². The van der Waals surface area contributed by atoms with Crippen molar-refractivity contribution in [1.82, 2.24) is 20.2 Å². The van der Waals surface area contributed by atoms with Crippen molar-refractivity contribution in [3.63, 3.8) is 0 Å². The van der Waals surface area contributed by atoms with Crippen molar-refractivity contribution in [3.8, 4) is 0 Å². The van der Waals surface area contributed by atoms with Crippen molar-refractivity contribution in [2.45, 2.75) is 25.8 Å². The second-order valence-corrected chi connectivity index (χ2v) is 5.75. The standard InChI is InChI=1S/C16H22N4O2/c21-16(18-6-3-14-10-17-12-19-14)13-4-7-20(8-5-13)11-15-2-1-9-22-15/h1-2,9-10,12-13H,3-8,11H2,(H,17,19)(H,18,21). The number of hydrogen-bond donors (Lipinski definition) is 2. The summed E-state index contributed by atoms with van der Waals surface area (Å²) in [6, 6.07) is 3.91. The van der Waals surface area contributed by atoms with E-state index in [4.69, 9.17) is 4.42 Å². The van der Waals surface area contributed by atoms with Crippen LogP contribution in [0.5, 0.6) is 0 Å². The van der Waals surface area contributed by atoms with Gasteiger partial charge in [-0.05, 0) is 38.1 Å². The normalized spacial score (nSPS) is 16.7. The number of rotatable bonds is 6. The molecule has 0 atom stereocenters. The minimum absolute atomic E-state index is 0.134. The highest BCUT2D eigenvalue weighted by Crippen LogP contribution is 2.19. The highest BCUT2D eigenvalue weighted by molar-refractivity contribution is 5.78. The predicted octanol–water partition coefficient (Wildman–Crippen LogP) is 1.57. The van der Waals surface area contributed by atoms with Crippen LogP contribution in [0.25, 0.3) is 0 Å². The van der Waals surface area contributed by atoms with E-state index in [9.17, 15) is 4.79 Å². The first-order chi connectivity index (χ1) is 10.8. The van der Waals surface area contributed by atoms with Crippen LogP contribution in [0.2, 0.25) is 0 Å². The van der Waals surface area contributed by atoms with E-state index in [-0.39, 0.29) is 11.8 Å². The Morgan fingerprint density at radius 2 is 2.32 bits per heavy atom. The number of amides is 1. The smallest absolute Gasteiger partial charge is 0.223 e. The van der Waals surface area contributed by atoms with Crippen molar-refractivity contribution in [1.29, 1.82) is 0 Å². The summed E-state index contributed by atoms with van der Waals surface area (Å²) in [5.74, 6) is 1.30. The molecule has 1 aliphatic rings. The van der Waals surface area contributed by atoms with Crippen LogP contribution in [-0.4, -0.2) is 40.4 Å². The Hall–Kier alpha value is -2.08. The number of nitrogens with zero attached hydrogens (tertiary/aromatic N) is 2. The number of carbonyl (C=O) groups is 1. The fraction of sp³-hybridized carbons (Fsp3) is 0.500. The van der Waals surface area contributed by atoms with Gasteiger partial charge in [0.2, 0.25) is 5.91 Å². The summed E-state index contributed by atoms with van der Waals surface area (Å²) in [7, 11) is 0. The zero-order chi connectivity index (χ0) is 15.2. The average molecular weight is 302 g/mol. The molecule has 6 heteroatoms. The third-order valence-corrected chi connectivity index (χ3v) is 4.17. The highest BCUT2D eigenvalue weighted by Gasteiger charge is 2.24. The van der Waals surface area contributed by atoms with Crippen LogP contribution in [-0.2, 0) is 17.8 Å². The van der Waals surface area contributed by atoms with Crippen LogP contribution >= 0.6 is 0 Å². The largest absolute Gasteiger partial charge is 0.468 e. The lowest BCUT2D eigenvalue weighted by atomic mass is 9.96. The van der Waals surface area contributed by atoms with E-state index in [2.05, 4.69) is 20.2 Å². The first-order valence-corrected chi connectivity index (χ1v) is 7.81. The molecule has 0 saturated carbocycles. The fourth-order valence-electron chi connectivity index (χ4n) is 2.86. The maximum atomic E-state index is 12.2. The summed E-state index contributed by atoms with van der Waals surface area (Å²) in [4.78, 5) is 21.5. The van der Waals surface area contributed by atoms with Gasteiger partial charge in [0.1, 0.15) is 5.76 Å². The third kappa shape index (κ3) is 3.98. The lowest BCUT2D eigenvalue weighted by Gasteiger charge is -2.30. The summed E-state index contributed by atoms with van der Waals surface area (Å²) in [5.41, 5.74) is 1.05. The Morgan fingerprint density at radius 1 is 1.45 bits per heavy atom. The van der Waals surface area contributed by atoms with Crippen LogP contribution in [0.1, 0.15) is 24.3 Å². The van der Waals surface area contributed by atoms with E-state index >= 15 is 0 Å². The number of imidazole rings is 1. The summed E-state index contributed by atoms with van der Waals surface area (Å²) in [5, 5.41) is 3.03. The molecule has 2 aromatic rings. The molecule has 2 N–H and O–H groups in total. The average Bonchev–Trinajstić information content (AvgIpc) is 3.21. The Kier molecular flexibility index (Phi) is 4.90. The summed E-state index contributed by atoms with van der Waals surface area (Å²) in [6.45, 7) is 3.38. The maximum Gasteiger partial charge on any atom is 0.223 e. The lowest BCUT2D eigenvalue weighted by molar-refractivity contribution is -0.126.